The van der Waals surface area contributed by atoms with E-state index in [2.05, 4.69) is 44.2 Å². The van der Waals surface area contributed by atoms with Crippen LogP contribution in [0.15, 0.2) is 67.5 Å². The van der Waals surface area contributed by atoms with Crippen LogP contribution in [0, 0.1) is 0 Å². The van der Waals surface area contributed by atoms with E-state index in [4.69, 9.17) is 5.73 Å². The lowest BCUT2D eigenvalue weighted by molar-refractivity contribution is 0.0827. The van der Waals surface area contributed by atoms with Crippen molar-refractivity contribution in [1.82, 2.24) is 24.3 Å². The molecule has 2 N–H and O–H groups in total. The van der Waals surface area contributed by atoms with E-state index in [-0.39, 0.29) is 5.91 Å². The molecule has 7 nitrogen and oxygen atoms in total. The molecule has 1 amide bonds. The van der Waals surface area contributed by atoms with Crippen molar-refractivity contribution in [3.05, 3.63) is 84.3 Å². The number of carbonyl (C=O) groups is 1. The number of likely N-dealkylation sites (tertiary alicyclic amines) is 1. The van der Waals surface area contributed by atoms with Gasteiger partial charge in [0.15, 0.2) is 0 Å². The summed E-state index contributed by atoms with van der Waals surface area (Å²) >= 11 is 0. The minimum Gasteiger partial charge on any atom is -0.384 e. The van der Waals surface area contributed by atoms with E-state index >= 15 is 0 Å². The number of benzene rings is 1. The summed E-state index contributed by atoms with van der Waals surface area (Å²) in [6.07, 6.45) is 5.73. The van der Waals surface area contributed by atoms with Gasteiger partial charge in [0.1, 0.15) is 11.5 Å². The molecule has 0 spiro atoms. The van der Waals surface area contributed by atoms with Crippen molar-refractivity contribution in [1.29, 1.82) is 0 Å². The van der Waals surface area contributed by atoms with Crippen molar-refractivity contribution in [2.45, 2.75) is 18.8 Å². The molecule has 4 heterocycles. The Bertz CT molecular complexity index is 1410. The average Bonchev–Trinajstić information content (AvgIpc) is 3.25. The maximum Gasteiger partial charge on any atom is 0.253 e. The van der Waals surface area contributed by atoms with Crippen LogP contribution in [0.25, 0.3) is 27.9 Å². The molecular weight excluding hydrogens is 448 g/mol. The molecule has 3 aromatic heterocycles. The minimum atomic E-state index is 0.0351. The number of rotatable bonds is 5. The maximum absolute atomic E-state index is 12.2. The van der Waals surface area contributed by atoms with Gasteiger partial charge in [-0.2, -0.15) is 0 Å². The lowest BCUT2D eigenvalue weighted by Crippen LogP contribution is -2.32. The first-order valence-corrected chi connectivity index (χ1v) is 12.3. The summed E-state index contributed by atoms with van der Waals surface area (Å²) < 4.78 is 2.12. The van der Waals surface area contributed by atoms with E-state index < -0.39 is 0 Å². The molecule has 0 radical (unpaired) electrons. The number of fused-ring (bicyclic) bond motifs is 1. The highest BCUT2D eigenvalue weighted by molar-refractivity contribution is 5.95. The summed E-state index contributed by atoms with van der Waals surface area (Å²) in [5.41, 5.74) is 12.9. The van der Waals surface area contributed by atoms with Crippen molar-refractivity contribution in [3.63, 3.8) is 0 Å². The molecule has 0 saturated carbocycles. The highest BCUT2D eigenvalue weighted by Gasteiger charge is 2.24. The van der Waals surface area contributed by atoms with Crippen molar-refractivity contribution < 1.29 is 4.79 Å². The summed E-state index contributed by atoms with van der Waals surface area (Å²) in [5.74, 6) is 1.02. The fourth-order valence-electron chi connectivity index (χ4n) is 5.11. The van der Waals surface area contributed by atoms with Crippen LogP contribution in [0.5, 0.6) is 0 Å². The zero-order chi connectivity index (χ0) is 25.4. The largest absolute Gasteiger partial charge is 0.384 e. The molecule has 0 aliphatic carbocycles. The van der Waals surface area contributed by atoms with Gasteiger partial charge >= 0.3 is 0 Å². The molecule has 1 aromatic carbocycles. The molecule has 1 aliphatic heterocycles. The van der Waals surface area contributed by atoms with Crippen LogP contribution in [0.3, 0.4) is 0 Å². The minimum absolute atomic E-state index is 0.0351. The lowest BCUT2D eigenvalue weighted by atomic mass is 9.88. The van der Waals surface area contributed by atoms with Gasteiger partial charge < -0.3 is 20.1 Å². The third kappa shape index (κ3) is 4.33. The zero-order valence-electron chi connectivity index (χ0n) is 21.1. The van der Waals surface area contributed by atoms with E-state index in [0.717, 1.165) is 65.0 Å². The molecule has 1 fully saturated rings. The topological polar surface area (TPSA) is 80.3 Å². The Morgan fingerprint density at radius 2 is 1.78 bits per heavy atom. The normalized spacial score (nSPS) is 14.2. The summed E-state index contributed by atoms with van der Waals surface area (Å²) in [5, 5.41) is 1.07. The number of anilines is 1. The van der Waals surface area contributed by atoms with E-state index in [0.29, 0.717) is 11.7 Å². The molecule has 7 heteroatoms. The first-order chi connectivity index (χ1) is 17.3. The molecule has 1 aliphatic rings. The van der Waals surface area contributed by atoms with Crippen LogP contribution in [-0.2, 0) is 7.05 Å². The summed E-state index contributed by atoms with van der Waals surface area (Å²) in [4.78, 5) is 25.1. The van der Waals surface area contributed by atoms with Crippen LogP contribution >= 0.6 is 0 Å². The Kier molecular flexibility index (Phi) is 6.22. The predicted molar refractivity (Wildman–Crippen MR) is 145 cm³/mol. The number of nitrogens with zero attached hydrogens (tertiary/aromatic N) is 5. The number of carbonyl (C=O) groups excluding carboxylic acids is 1. The molecular formula is C29H32N6O. The van der Waals surface area contributed by atoms with Crippen molar-refractivity contribution in [2.75, 3.05) is 32.9 Å². The second kappa shape index (κ2) is 9.49. The fraction of sp³-hybridized carbons (Fsp3) is 0.276. The third-order valence-electron chi connectivity index (χ3n) is 7.23. The Balaban J connectivity index is 1.32. The number of aryl methyl sites for hydroxylation is 1. The van der Waals surface area contributed by atoms with E-state index in [1.54, 1.807) is 25.2 Å². The standard InChI is InChI=1S/C29H32N6O/c1-19(35-15-12-21(13-16-35)20-5-7-22(8-6-20)29(36)33(2)3)26-17-25-24(11-14-31-28(25)34(26)4)23-9-10-27(30)32-18-23/h5-11,14,17-18,21H,1,12-13,15-16H2,2-4H3,(H2,30,32). The number of hydrogen-bond acceptors (Lipinski definition) is 5. The van der Waals surface area contributed by atoms with E-state index in [9.17, 15) is 4.79 Å². The molecule has 0 atom stereocenters. The van der Waals surface area contributed by atoms with Crippen LogP contribution in [0.1, 0.15) is 40.4 Å². The van der Waals surface area contributed by atoms with Crippen molar-refractivity contribution in [2.24, 2.45) is 7.05 Å². The van der Waals surface area contributed by atoms with E-state index in [1.807, 2.05) is 43.6 Å². The summed E-state index contributed by atoms with van der Waals surface area (Å²) in [6, 6.07) is 16.1. The summed E-state index contributed by atoms with van der Waals surface area (Å²) in [6.45, 7) is 6.34. The van der Waals surface area contributed by atoms with Gasteiger partial charge in [0.25, 0.3) is 5.91 Å². The second-order valence-electron chi connectivity index (χ2n) is 9.69. The highest BCUT2D eigenvalue weighted by atomic mass is 16.2. The maximum atomic E-state index is 12.2. The molecule has 1 saturated heterocycles. The van der Waals surface area contributed by atoms with Crippen molar-refractivity contribution >= 4 is 28.5 Å². The van der Waals surface area contributed by atoms with Crippen molar-refractivity contribution in [3.8, 4) is 11.1 Å². The molecule has 36 heavy (non-hydrogen) atoms. The monoisotopic (exact) mass is 480 g/mol. The molecule has 184 valence electrons. The number of aromatic nitrogens is 3. The van der Waals surface area contributed by atoms with Crippen LogP contribution in [0.2, 0.25) is 0 Å². The number of amides is 1. The molecule has 0 unspecified atom stereocenters. The van der Waals surface area contributed by atoms with Crippen LogP contribution in [-0.4, -0.2) is 57.4 Å². The third-order valence-corrected chi connectivity index (χ3v) is 7.23. The van der Waals surface area contributed by atoms with Crippen LogP contribution < -0.4 is 5.73 Å². The summed E-state index contributed by atoms with van der Waals surface area (Å²) in [7, 11) is 5.60. The van der Waals surface area contributed by atoms with Gasteiger partial charge in [-0.15, -0.1) is 0 Å². The Morgan fingerprint density at radius 3 is 2.42 bits per heavy atom. The van der Waals surface area contributed by atoms with E-state index in [1.165, 1.54) is 5.56 Å². The number of nitrogen functional groups attached to an aromatic ring is 1. The number of nitrogens with two attached hydrogens (primary N) is 1. The van der Waals surface area contributed by atoms with Gasteiger partial charge in [-0.25, -0.2) is 9.97 Å². The SMILES string of the molecule is C=C(c1cc2c(-c3ccc(N)nc3)ccnc2n1C)N1CCC(c2ccc(C(=O)N(C)C)cc2)CC1. The number of piperidine rings is 1. The quantitative estimate of drug-likeness (QED) is 0.445. The first-order valence-electron chi connectivity index (χ1n) is 12.3. The van der Waals surface area contributed by atoms with Crippen LogP contribution in [0.4, 0.5) is 5.82 Å². The number of pyridine rings is 2. The Labute approximate surface area is 211 Å². The van der Waals surface area contributed by atoms with Gasteiger partial charge in [-0.05, 0) is 66.3 Å². The molecule has 4 aromatic rings. The second-order valence-corrected chi connectivity index (χ2v) is 9.69. The zero-order valence-corrected chi connectivity index (χ0v) is 21.1. The molecule has 0 bridgehead atoms. The van der Waals surface area contributed by atoms with Gasteiger partial charge in [0, 0.05) is 63.1 Å². The Morgan fingerprint density at radius 1 is 1.06 bits per heavy atom. The predicted octanol–water partition coefficient (Wildman–Crippen LogP) is 4.77. The van der Waals surface area contributed by atoms with Gasteiger partial charge in [0.05, 0.1) is 11.4 Å². The smallest absolute Gasteiger partial charge is 0.253 e. The average molecular weight is 481 g/mol. The highest BCUT2D eigenvalue weighted by Crippen LogP contribution is 2.35. The lowest BCUT2D eigenvalue weighted by Gasteiger charge is -2.35. The molecule has 5 rings (SSSR count). The fourth-order valence-corrected chi connectivity index (χ4v) is 5.11. The van der Waals surface area contributed by atoms with Gasteiger partial charge in [-0.1, -0.05) is 18.7 Å². The first kappa shape index (κ1) is 23.6. The van der Waals surface area contributed by atoms with Gasteiger partial charge in [-0.3, -0.25) is 4.79 Å². The Hall–Kier alpha value is -4.13. The number of hydrogen-bond donors (Lipinski definition) is 1. The van der Waals surface area contributed by atoms with Gasteiger partial charge in [0.2, 0.25) is 0 Å².